The zero-order chi connectivity index (χ0) is 10.4. The normalized spacial score (nSPS) is 11.3. The van der Waals surface area contributed by atoms with Crippen molar-refractivity contribution < 1.29 is 4.39 Å². The van der Waals surface area contributed by atoms with Gasteiger partial charge in [-0.1, -0.05) is 13.2 Å². The molecule has 0 saturated carbocycles. The van der Waals surface area contributed by atoms with E-state index in [9.17, 15) is 4.39 Å². The van der Waals surface area contributed by atoms with E-state index in [4.69, 9.17) is 0 Å². The van der Waals surface area contributed by atoms with E-state index >= 15 is 0 Å². The van der Waals surface area contributed by atoms with Crippen molar-refractivity contribution in [3.63, 3.8) is 0 Å². The van der Waals surface area contributed by atoms with Gasteiger partial charge in [0.15, 0.2) is 5.83 Å². The Morgan fingerprint density at radius 3 is 2.38 bits per heavy atom. The van der Waals surface area contributed by atoms with Gasteiger partial charge in [0.05, 0.1) is 5.70 Å². The van der Waals surface area contributed by atoms with Gasteiger partial charge in [0.2, 0.25) is 0 Å². The Bertz CT molecular complexity index is 219. The first-order chi connectivity index (χ1) is 6.02. The van der Waals surface area contributed by atoms with Crippen molar-refractivity contribution in [2.75, 3.05) is 7.05 Å². The molecule has 1 N–H and O–H groups in total. The fourth-order valence-electron chi connectivity index (χ4n) is 0.741. The van der Waals surface area contributed by atoms with E-state index in [1.165, 1.54) is 6.20 Å². The molecule has 0 saturated heterocycles. The average Bonchev–Trinajstić information content (AvgIpc) is 2.11. The number of nitrogens with one attached hydrogen (secondary N) is 1. The van der Waals surface area contributed by atoms with Crippen LogP contribution >= 0.6 is 0 Å². The van der Waals surface area contributed by atoms with Crippen LogP contribution in [0.25, 0.3) is 0 Å². The smallest absolute Gasteiger partial charge is 0.161 e. The summed E-state index contributed by atoms with van der Waals surface area (Å²) in [5, 5.41) is 2.63. The van der Waals surface area contributed by atoms with E-state index in [0.717, 1.165) is 0 Å². The van der Waals surface area contributed by atoms with Crippen molar-refractivity contribution in [3.8, 4) is 0 Å². The molecule has 0 aliphatic carbocycles. The fraction of sp³-hybridized carbons (Fsp3) is 0.400. The van der Waals surface area contributed by atoms with Crippen LogP contribution in [0.3, 0.4) is 0 Å². The van der Waals surface area contributed by atoms with Crippen LogP contribution in [0.4, 0.5) is 4.39 Å². The molecule has 0 spiro atoms. The van der Waals surface area contributed by atoms with Gasteiger partial charge in [-0.3, -0.25) is 0 Å². The number of halogens is 1. The minimum absolute atomic E-state index is 0.188. The van der Waals surface area contributed by atoms with Crippen LogP contribution in [0.15, 0.2) is 37.1 Å². The molecule has 13 heavy (non-hydrogen) atoms. The van der Waals surface area contributed by atoms with Crippen molar-refractivity contribution in [2.45, 2.75) is 19.9 Å². The molecule has 0 aliphatic rings. The Hall–Kier alpha value is -1.25. The highest BCUT2D eigenvalue weighted by Crippen LogP contribution is 2.09. The summed E-state index contributed by atoms with van der Waals surface area (Å²) < 4.78 is 13.2. The van der Waals surface area contributed by atoms with Crippen molar-refractivity contribution in [2.24, 2.45) is 0 Å². The third kappa shape index (κ3) is 3.78. The van der Waals surface area contributed by atoms with Gasteiger partial charge in [0.1, 0.15) is 0 Å². The second-order valence-corrected chi connectivity index (χ2v) is 2.93. The third-order valence-corrected chi connectivity index (χ3v) is 1.66. The Morgan fingerprint density at radius 1 is 1.54 bits per heavy atom. The summed E-state index contributed by atoms with van der Waals surface area (Å²) in [5.41, 5.74) is 0.271. The van der Waals surface area contributed by atoms with Crippen LogP contribution in [-0.2, 0) is 0 Å². The number of hydrogen-bond donors (Lipinski definition) is 1. The number of rotatable bonds is 5. The van der Waals surface area contributed by atoms with Crippen molar-refractivity contribution in [1.82, 2.24) is 10.2 Å². The van der Waals surface area contributed by atoms with Crippen LogP contribution in [0.5, 0.6) is 0 Å². The molecule has 0 aromatic carbocycles. The SMILES string of the molecule is C=CN(/C=C(/F)C(=C)NC)C(C)C. The topological polar surface area (TPSA) is 15.3 Å². The van der Waals surface area contributed by atoms with Crippen LogP contribution in [0.1, 0.15) is 13.8 Å². The van der Waals surface area contributed by atoms with E-state index in [0.29, 0.717) is 0 Å². The van der Waals surface area contributed by atoms with E-state index in [1.807, 2.05) is 13.8 Å². The number of hydrogen-bond acceptors (Lipinski definition) is 2. The van der Waals surface area contributed by atoms with Gasteiger partial charge in [-0.2, -0.15) is 0 Å². The fourth-order valence-corrected chi connectivity index (χ4v) is 0.741. The first-order valence-electron chi connectivity index (χ1n) is 4.17. The monoisotopic (exact) mass is 184 g/mol. The van der Waals surface area contributed by atoms with Crippen LogP contribution < -0.4 is 5.32 Å². The predicted molar refractivity (Wildman–Crippen MR) is 54.6 cm³/mol. The molecule has 3 heteroatoms. The molecule has 0 atom stereocenters. The molecule has 0 fully saturated rings. The minimum Gasteiger partial charge on any atom is -0.386 e. The summed E-state index contributed by atoms with van der Waals surface area (Å²) in [6.07, 6.45) is 2.95. The number of nitrogens with zero attached hydrogens (tertiary/aromatic N) is 1. The molecule has 0 aliphatic heterocycles. The van der Waals surface area contributed by atoms with Gasteiger partial charge in [-0.15, -0.1) is 0 Å². The van der Waals surface area contributed by atoms with Crippen LogP contribution in [-0.4, -0.2) is 18.0 Å². The Balaban J connectivity index is 4.50. The average molecular weight is 184 g/mol. The maximum absolute atomic E-state index is 13.2. The summed E-state index contributed by atoms with van der Waals surface area (Å²) in [7, 11) is 1.63. The van der Waals surface area contributed by atoms with Crippen molar-refractivity contribution in [1.29, 1.82) is 0 Å². The Labute approximate surface area is 79.4 Å². The van der Waals surface area contributed by atoms with Gasteiger partial charge in [-0.25, -0.2) is 4.39 Å². The number of allylic oxidation sites excluding steroid dienone is 1. The molecule has 0 unspecified atom stereocenters. The van der Waals surface area contributed by atoms with Gasteiger partial charge in [0.25, 0.3) is 0 Å². The van der Waals surface area contributed by atoms with Gasteiger partial charge in [-0.05, 0) is 20.0 Å². The molecule has 0 aromatic heterocycles. The lowest BCUT2D eigenvalue weighted by Gasteiger charge is -2.20. The largest absolute Gasteiger partial charge is 0.386 e. The van der Waals surface area contributed by atoms with E-state index in [2.05, 4.69) is 18.5 Å². The van der Waals surface area contributed by atoms with E-state index in [1.54, 1.807) is 18.1 Å². The number of likely N-dealkylation sites (N-methyl/N-ethyl adjacent to an activating group) is 1. The van der Waals surface area contributed by atoms with E-state index in [-0.39, 0.29) is 17.6 Å². The summed E-state index contributed by atoms with van der Waals surface area (Å²) in [6, 6.07) is 0.188. The first kappa shape index (κ1) is 11.8. The lowest BCUT2D eigenvalue weighted by molar-refractivity contribution is 0.404. The van der Waals surface area contributed by atoms with Gasteiger partial charge < -0.3 is 10.2 Å². The lowest BCUT2D eigenvalue weighted by atomic mass is 10.3. The molecule has 0 amide bonds. The summed E-state index contributed by atoms with van der Waals surface area (Å²) >= 11 is 0. The summed E-state index contributed by atoms with van der Waals surface area (Å²) in [5.74, 6) is -0.379. The summed E-state index contributed by atoms with van der Waals surface area (Å²) in [6.45, 7) is 11.0. The van der Waals surface area contributed by atoms with Crippen molar-refractivity contribution in [3.05, 3.63) is 37.1 Å². The minimum atomic E-state index is -0.379. The highest BCUT2D eigenvalue weighted by molar-refractivity contribution is 5.19. The maximum Gasteiger partial charge on any atom is 0.161 e. The molecule has 0 aromatic rings. The van der Waals surface area contributed by atoms with Gasteiger partial charge >= 0.3 is 0 Å². The van der Waals surface area contributed by atoms with Crippen LogP contribution in [0, 0.1) is 0 Å². The molecular formula is C10H17FN2. The van der Waals surface area contributed by atoms with E-state index < -0.39 is 0 Å². The molecule has 0 radical (unpaired) electrons. The second-order valence-electron chi connectivity index (χ2n) is 2.93. The molecule has 0 bridgehead atoms. The zero-order valence-electron chi connectivity index (χ0n) is 8.47. The highest BCUT2D eigenvalue weighted by Gasteiger charge is 2.04. The van der Waals surface area contributed by atoms with Crippen molar-refractivity contribution >= 4 is 0 Å². The first-order valence-corrected chi connectivity index (χ1v) is 4.17. The summed E-state index contributed by atoms with van der Waals surface area (Å²) in [4.78, 5) is 1.68. The molecule has 0 rings (SSSR count). The quantitative estimate of drug-likeness (QED) is 0.660. The van der Waals surface area contributed by atoms with Crippen LogP contribution in [0.2, 0.25) is 0 Å². The highest BCUT2D eigenvalue weighted by atomic mass is 19.1. The predicted octanol–water partition coefficient (Wildman–Crippen LogP) is 2.38. The Morgan fingerprint density at radius 2 is 2.08 bits per heavy atom. The molecular weight excluding hydrogens is 167 g/mol. The third-order valence-electron chi connectivity index (χ3n) is 1.66. The standard InChI is InChI=1S/C10H17FN2/c1-6-13(8(2)3)7-10(11)9(4)12-5/h6-8,12H,1,4H2,2-3,5H3/b10-7+. The molecule has 2 nitrogen and oxygen atoms in total. The maximum atomic E-state index is 13.2. The molecule has 74 valence electrons. The second kappa shape index (κ2) is 5.41. The molecule has 0 heterocycles. The van der Waals surface area contributed by atoms with Gasteiger partial charge in [0, 0.05) is 19.3 Å². The Kier molecular flexibility index (Phi) is 4.89. The lowest BCUT2D eigenvalue weighted by Crippen LogP contribution is -2.19. The zero-order valence-corrected chi connectivity index (χ0v) is 8.47.